The Morgan fingerprint density at radius 1 is 0.795 bits per heavy atom. The number of ketones is 1. The maximum absolute atomic E-state index is 12.2. The average Bonchev–Trinajstić information content (AvgIpc) is 3.00. The summed E-state index contributed by atoms with van der Waals surface area (Å²) in [6, 6.07) is 11.6. The largest absolute Gasteiger partial charge is 0.481 e. The van der Waals surface area contributed by atoms with Crippen molar-refractivity contribution in [3.63, 3.8) is 0 Å². The number of carbonyl (C=O) groups is 3. The van der Waals surface area contributed by atoms with Crippen molar-refractivity contribution in [2.75, 3.05) is 13.1 Å². The van der Waals surface area contributed by atoms with Crippen LogP contribution in [0.5, 0.6) is 0 Å². The van der Waals surface area contributed by atoms with Gasteiger partial charge in [-0.2, -0.15) is 9.59 Å². The Labute approximate surface area is 261 Å². The lowest BCUT2D eigenvalue weighted by Crippen LogP contribution is -2.41. The average molecular weight is 612 g/mol. The molecule has 11 heteroatoms. The van der Waals surface area contributed by atoms with Crippen molar-refractivity contribution in [1.29, 1.82) is 0 Å². The Morgan fingerprint density at radius 3 is 1.84 bits per heavy atom. The highest BCUT2D eigenvalue weighted by Crippen LogP contribution is 2.12. The number of hydrogen-bond donors (Lipinski definition) is 3. The number of carboxylic acids is 1. The molecule has 242 valence electrons. The lowest BCUT2D eigenvalue weighted by Gasteiger charge is -2.21. The van der Waals surface area contributed by atoms with Crippen molar-refractivity contribution in [3.8, 4) is 0 Å². The summed E-state index contributed by atoms with van der Waals surface area (Å²) in [6.07, 6.45) is 14.9. The van der Waals surface area contributed by atoms with Crippen LogP contribution in [-0.4, -0.2) is 63.0 Å². The van der Waals surface area contributed by atoms with E-state index >= 15 is 0 Å². The monoisotopic (exact) mass is 611 g/mol. The molecular formula is C33H49N5O6. The number of nitrogens with zero attached hydrogens (tertiary/aromatic N) is 3. The maximum Gasteiger partial charge on any atom is 0.373 e. The van der Waals surface area contributed by atoms with E-state index in [1.54, 1.807) is 6.92 Å². The van der Waals surface area contributed by atoms with E-state index in [0.717, 1.165) is 88.8 Å². The second-order valence-corrected chi connectivity index (χ2v) is 10.9. The molecule has 0 aromatic carbocycles. The van der Waals surface area contributed by atoms with Crippen molar-refractivity contribution in [3.05, 3.63) is 60.2 Å². The zero-order chi connectivity index (χ0) is 32.3. The smallest absolute Gasteiger partial charge is 0.373 e. The topological polar surface area (TPSA) is 159 Å². The highest BCUT2D eigenvalue weighted by atomic mass is 16.4. The third-order valence-electron chi connectivity index (χ3n) is 6.99. The van der Waals surface area contributed by atoms with Crippen LogP contribution in [-0.2, 0) is 32.3 Å². The number of pyridine rings is 2. The first kappa shape index (κ1) is 38.1. The standard InChI is InChI=1S/C32H49N5O4.CO2/c1-27(19-20-31(39)40)36-32(41)35-23-11-5-4-8-18-30(38)17-7-3-2-6-14-24-37(25-28-15-9-12-21-33-28)26-29-16-10-13-22-34-29;2-1-3/h9-10,12-13,15-16,21-22,27H,2-8,11,14,17-20,23-26H2,1H3,(H,39,40)(H2,35,36,41);. The Balaban J connectivity index is 0.00000309. The fourth-order valence-electron chi connectivity index (χ4n) is 4.66. The molecule has 0 aliphatic rings. The summed E-state index contributed by atoms with van der Waals surface area (Å²) < 4.78 is 0. The number of unbranched alkanes of at least 4 members (excludes halogenated alkanes) is 7. The first-order chi connectivity index (χ1) is 21.3. The SMILES string of the molecule is CC(CCC(=O)O)NC(=O)NCCCCCCC(=O)CCCCCCCN(Cc1ccccn1)Cc1ccccn1.O=C=O. The number of rotatable bonds is 23. The molecule has 0 fully saturated rings. The lowest BCUT2D eigenvalue weighted by molar-refractivity contribution is -0.191. The van der Waals surface area contributed by atoms with Crippen molar-refractivity contribution >= 4 is 23.9 Å². The van der Waals surface area contributed by atoms with Gasteiger partial charge in [0.1, 0.15) is 5.78 Å². The molecular weight excluding hydrogens is 562 g/mol. The van der Waals surface area contributed by atoms with Crippen LogP contribution in [0, 0.1) is 0 Å². The summed E-state index contributed by atoms with van der Waals surface area (Å²) in [5.74, 6) is -0.504. The molecule has 0 spiro atoms. The van der Waals surface area contributed by atoms with Gasteiger partial charge in [-0.15, -0.1) is 0 Å². The molecule has 0 aliphatic carbocycles. The van der Waals surface area contributed by atoms with Gasteiger partial charge in [0.25, 0.3) is 0 Å². The van der Waals surface area contributed by atoms with Gasteiger partial charge in [-0.1, -0.05) is 44.2 Å². The molecule has 2 heterocycles. The Hall–Kier alpha value is -3.95. The molecule has 2 aromatic heterocycles. The predicted molar refractivity (Wildman–Crippen MR) is 166 cm³/mol. The second-order valence-electron chi connectivity index (χ2n) is 10.9. The fourth-order valence-corrected chi connectivity index (χ4v) is 4.66. The third kappa shape index (κ3) is 21.7. The molecule has 0 aliphatic heterocycles. The number of hydrogen-bond acceptors (Lipinski definition) is 8. The van der Waals surface area contributed by atoms with Gasteiger partial charge in [-0.05, 0) is 69.8 Å². The summed E-state index contributed by atoms with van der Waals surface area (Å²) in [6.45, 7) is 5.00. The van der Waals surface area contributed by atoms with Gasteiger partial charge in [0.05, 0.1) is 11.4 Å². The zero-order valence-corrected chi connectivity index (χ0v) is 26.0. The number of Topliss-reactive ketones (excluding diaryl/α,β-unsaturated/α-hetero) is 1. The van der Waals surface area contributed by atoms with Crippen LogP contribution >= 0.6 is 0 Å². The highest BCUT2D eigenvalue weighted by Gasteiger charge is 2.10. The van der Waals surface area contributed by atoms with E-state index in [4.69, 9.17) is 14.7 Å². The summed E-state index contributed by atoms with van der Waals surface area (Å²) in [4.78, 5) is 62.2. The fraction of sp³-hybridized carbons (Fsp3) is 0.576. The van der Waals surface area contributed by atoms with Crippen LogP contribution in [0.4, 0.5) is 4.79 Å². The molecule has 0 saturated heterocycles. The number of aromatic nitrogens is 2. The van der Waals surface area contributed by atoms with Crippen LogP contribution in [0.15, 0.2) is 48.8 Å². The first-order valence-corrected chi connectivity index (χ1v) is 15.6. The molecule has 0 saturated carbocycles. The summed E-state index contributed by atoms with van der Waals surface area (Å²) in [5.41, 5.74) is 2.14. The Morgan fingerprint density at radius 2 is 1.32 bits per heavy atom. The van der Waals surface area contributed by atoms with E-state index in [0.29, 0.717) is 31.6 Å². The van der Waals surface area contributed by atoms with Crippen molar-refractivity contribution in [2.45, 2.75) is 110 Å². The molecule has 0 radical (unpaired) electrons. The Bertz CT molecular complexity index is 1040. The normalized spacial score (nSPS) is 11.1. The quantitative estimate of drug-likeness (QED) is 0.142. The highest BCUT2D eigenvalue weighted by molar-refractivity contribution is 5.78. The van der Waals surface area contributed by atoms with E-state index in [-0.39, 0.29) is 24.6 Å². The summed E-state index contributed by atoms with van der Waals surface area (Å²) in [7, 11) is 0. The van der Waals surface area contributed by atoms with Crippen molar-refractivity contribution in [1.82, 2.24) is 25.5 Å². The van der Waals surface area contributed by atoms with Gasteiger partial charge < -0.3 is 15.7 Å². The molecule has 0 bridgehead atoms. The number of urea groups is 1. The number of carboxylic acid groups (broad SMARTS) is 1. The van der Waals surface area contributed by atoms with E-state index in [1.807, 2.05) is 36.7 Å². The molecule has 11 nitrogen and oxygen atoms in total. The van der Waals surface area contributed by atoms with E-state index < -0.39 is 5.97 Å². The summed E-state index contributed by atoms with van der Waals surface area (Å²) >= 11 is 0. The molecule has 2 amide bonds. The van der Waals surface area contributed by atoms with Gasteiger partial charge in [0.15, 0.2) is 0 Å². The number of amides is 2. The molecule has 1 atom stereocenters. The molecule has 2 aromatic rings. The van der Waals surface area contributed by atoms with Crippen molar-refractivity contribution < 1.29 is 29.1 Å². The van der Waals surface area contributed by atoms with Crippen LogP contribution in [0.2, 0.25) is 0 Å². The summed E-state index contributed by atoms with van der Waals surface area (Å²) in [5, 5.41) is 14.2. The van der Waals surface area contributed by atoms with E-state index in [2.05, 4.69) is 37.6 Å². The van der Waals surface area contributed by atoms with Crippen molar-refractivity contribution in [2.24, 2.45) is 0 Å². The molecule has 1 unspecified atom stereocenters. The minimum Gasteiger partial charge on any atom is -0.481 e. The molecule has 3 N–H and O–H groups in total. The minimum atomic E-state index is -0.860. The minimum absolute atomic E-state index is 0.0423. The van der Waals surface area contributed by atoms with Gasteiger partial charge in [-0.25, -0.2) is 4.79 Å². The van der Waals surface area contributed by atoms with E-state index in [9.17, 15) is 14.4 Å². The molecule has 2 rings (SSSR count). The lowest BCUT2D eigenvalue weighted by atomic mass is 10.0. The van der Waals surface area contributed by atoms with Crippen LogP contribution in [0.1, 0.15) is 102 Å². The third-order valence-corrected chi connectivity index (χ3v) is 6.99. The van der Waals surface area contributed by atoms with E-state index in [1.165, 1.54) is 0 Å². The van der Waals surface area contributed by atoms with Gasteiger partial charge in [0.2, 0.25) is 0 Å². The first-order valence-electron chi connectivity index (χ1n) is 15.6. The molecule has 44 heavy (non-hydrogen) atoms. The number of carbonyl (C=O) groups excluding carboxylic acids is 4. The van der Waals surface area contributed by atoms with Gasteiger partial charge in [-0.3, -0.25) is 24.5 Å². The van der Waals surface area contributed by atoms with Gasteiger partial charge in [0, 0.05) is 57.3 Å². The van der Waals surface area contributed by atoms with Crippen LogP contribution in [0.25, 0.3) is 0 Å². The van der Waals surface area contributed by atoms with Gasteiger partial charge >= 0.3 is 18.2 Å². The predicted octanol–water partition coefficient (Wildman–Crippen LogP) is 5.31. The number of aliphatic carboxylic acids is 1. The van der Waals surface area contributed by atoms with Crippen LogP contribution < -0.4 is 10.6 Å². The number of nitrogens with one attached hydrogen (secondary N) is 2. The Kier molecular flexibility index (Phi) is 22.1. The maximum atomic E-state index is 12.2. The second kappa shape index (κ2) is 25.5. The van der Waals surface area contributed by atoms with Crippen LogP contribution in [0.3, 0.4) is 0 Å². The zero-order valence-electron chi connectivity index (χ0n) is 26.0.